The molecule has 4 aromatic heterocycles. The van der Waals surface area contributed by atoms with Crippen LogP contribution in [-0.2, 0) is 0 Å². The molecule has 13 aromatic rings. The number of benzene rings is 9. The van der Waals surface area contributed by atoms with Crippen molar-refractivity contribution in [3.63, 3.8) is 0 Å². The van der Waals surface area contributed by atoms with Crippen LogP contribution < -0.4 is 0 Å². The molecule has 326 valence electrons. The van der Waals surface area contributed by atoms with Crippen LogP contribution in [-0.4, -0.2) is 39.0 Å². The third-order valence-corrected chi connectivity index (χ3v) is 13.8. The van der Waals surface area contributed by atoms with Crippen LogP contribution in [0.3, 0.4) is 0 Å². The molecule has 3 aliphatic carbocycles. The van der Waals surface area contributed by atoms with Gasteiger partial charge in [-0.3, -0.25) is 9.13 Å². The molecule has 0 fully saturated rings. The molecule has 0 unspecified atom stereocenters. The summed E-state index contributed by atoms with van der Waals surface area (Å²) >= 11 is 0. The summed E-state index contributed by atoms with van der Waals surface area (Å²) < 4.78 is 90.9. The lowest BCUT2D eigenvalue weighted by Crippen LogP contribution is -2.28. The number of hydrogen-bond acceptors (Lipinski definition) is 6. The molecule has 0 radical (unpaired) electrons. The van der Waals surface area contributed by atoms with Crippen LogP contribution in [0.1, 0.15) is 58.9 Å². The Hall–Kier alpha value is -9.40. The molecule has 0 saturated heterocycles. The van der Waals surface area contributed by atoms with Crippen LogP contribution in [0.2, 0.25) is 0 Å². The van der Waals surface area contributed by atoms with Gasteiger partial charge in [-0.05, 0) is 57.6 Å². The number of aromatic nitrogens is 8. The van der Waals surface area contributed by atoms with E-state index in [4.69, 9.17) is 43.6 Å². The Kier molecular flexibility index (Phi) is 6.47. The van der Waals surface area contributed by atoms with Gasteiger partial charge in [0, 0.05) is 55.6 Å². The molecular weight excluding hydrogens is 857 g/mol. The van der Waals surface area contributed by atoms with Crippen molar-refractivity contribution in [1.82, 2.24) is 39.0 Å². The van der Waals surface area contributed by atoms with Gasteiger partial charge in [0.25, 0.3) is 0 Å². The summed E-state index contributed by atoms with van der Waals surface area (Å²) in [5.74, 6) is 0.285. The van der Waals surface area contributed by atoms with Crippen molar-refractivity contribution in [1.29, 1.82) is 0 Å². The molecular formula is C62H38N8. The highest BCUT2D eigenvalue weighted by Crippen LogP contribution is 2.60. The van der Waals surface area contributed by atoms with E-state index >= 15 is 0 Å². The van der Waals surface area contributed by atoms with E-state index in [0.29, 0.717) is 11.1 Å². The molecule has 0 N–H and O–H groups in total. The Bertz CT molecular complexity index is 4530. The van der Waals surface area contributed by atoms with E-state index in [1.807, 2.05) is 106 Å². The first-order chi connectivity index (χ1) is 38.9. The molecule has 9 aromatic carbocycles. The van der Waals surface area contributed by atoms with Gasteiger partial charge in [-0.2, -0.15) is 19.9 Å². The van der Waals surface area contributed by atoms with E-state index in [1.54, 1.807) is 0 Å². The fraction of sp³-hybridized carbons (Fsp3) is 0.0323. The number of nitrogens with zero attached hydrogens (tertiary/aromatic N) is 8. The molecule has 8 heteroatoms. The summed E-state index contributed by atoms with van der Waals surface area (Å²) in [5.41, 5.74) is 11.0. The van der Waals surface area contributed by atoms with Gasteiger partial charge >= 0.3 is 0 Å². The minimum Gasteiger partial charge on any atom is -0.278 e. The molecule has 0 atom stereocenters. The minimum atomic E-state index is -0.517. The Labute approximate surface area is 416 Å². The molecule has 16 rings (SSSR count). The van der Waals surface area contributed by atoms with Crippen molar-refractivity contribution < 1.29 is 13.7 Å². The number of hydrogen-bond donors (Lipinski definition) is 0. The summed E-state index contributed by atoms with van der Waals surface area (Å²) in [6.07, 6.45) is 0. The van der Waals surface area contributed by atoms with Crippen molar-refractivity contribution in [2.24, 2.45) is 0 Å². The van der Waals surface area contributed by atoms with Gasteiger partial charge in [0.05, 0.1) is 35.8 Å². The SMILES string of the molecule is [2H]c1c([2H])c([2H])c(-c2nc(-c3ccccc3)nc(-n3c4ccccc4c4c5c(ccc43)C3c4ccccc4C5c4c3ccc3c4c4ccccc4n3-c3nc(-c4ccccc4)nc(-c4c([2H])c([2H])c([2H])c([2H])c4[2H])n3)n2)c([2H])c1[2H]. The zero-order chi connectivity index (χ0) is 54.6. The highest BCUT2D eigenvalue weighted by Gasteiger charge is 2.44. The average Bonchev–Trinajstić information content (AvgIpc) is 2.20. The van der Waals surface area contributed by atoms with E-state index in [0.717, 1.165) is 71.4 Å². The maximum atomic E-state index is 8.99. The largest absolute Gasteiger partial charge is 0.278 e. The van der Waals surface area contributed by atoms with E-state index in [2.05, 4.69) is 60.7 Å². The lowest BCUT2D eigenvalue weighted by Gasteiger charge is -2.43. The van der Waals surface area contributed by atoms with Crippen molar-refractivity contribution in [2.45, 2.75) is 11.8 Å². The van der Waals surface area contributed by atoms with Crippen LogP contribution in [0.25, 0.3) is 101 Å². The first-order valence-electron chi connectivity index (χ1n) is 27.9. The Balaban J connectivity index is 1.01. The minimum absolute atomic E-state index is 0.0649. The quantitative estimate of drug-likeness (QED) is 0.165. The lowest BCUT2D eigenvalue weighted by atomic mass is 9.59. The van der Waals surface area contributed by atoms with Gasteiger partial charge < -0.3 is 0 Å². The summed E-state index contributed by atoms with van der Waals surface area (Å²) in [4.78, 5) is 29.9. The van der Waals surface area contributed by atoms with Crippen LogP contribution in [0.15, 0.2) is 218 Å². The van der Waals surface area contributed by atoms with Gasteiger partial charge in [0.1, 0.15) is 0 Å². The second kappa shape index (κ2) is 15.1. The summed E-state index contributed by atoms with van der Waals surface area (Å²) in [7, 11) is 0. The fourth-order valence-corrected chi connectivity index (χ4v) is 11.1. The maximum absolute atomic E-state index is 8.99. The summed E-state index contributed by atoms with van der Waals surface area (Å²) in [6.45, 7) is 0. The zero-order valence-corrected chi connectivity index (χ0v) is 36.7. The molecule has 0 spiro atoms. The topological polar surface area (TPSA) is 87.2 Å². The first-order valence-corrected chi connectivity index (χ1v) is 22.9. The van der Waals surface area contributed by atoms with Crippen LogP contribution in [0.5, 0.6) is 0 Å². The Morgan fingerprint density at radius 2 is 0.700 bits per heavy atom. The van der Waals surface area contributed by atoms with Gasteiger partial charge in [-0.15, -0.1) is 0 Å². The van der Waals surface area contributed by atoms with Crippen LogP contribution >= 0.6 is 0 Å². The second-order valence-electron chi connectivity index (χ2n) is 17.4. The van der Waals surface area contributed by atoms with Crippen molar-refractivity contribution in [3.8, 4) is 57.4 Å². The van der Waals surface area contributed by atoms with E-state index < -0.39 is 60.4 Å². The monoisotopic (exact) mass is 904 g/mol. The molecule has 8 nitrogen and oxygen atoms in total. The van der Waals surface area contributed by atoms with Gasteiger partial charge in [0.2, 0.25) is 11.9 Å². The van der Waals surface area contributed by atoms with Crippen LogP contribution in [0.4, 0.5) is 0 Å². The molecule has 0 amide bonds. The molecule has 0 aliphatic heterocycles. The molecule has 0 saturated carbocycles. The van der Waals surface area contributed by atoms with Crippen molar-refractivity contribution in [2.75, 3.05) is 0 Å². The maximum Gasteiger partial charge on any atom is 0.238 e. The standard InChI is InChI=1S/C62H38N8/c1-5-19-37(20-6-1)57-63-58(38-21-7-2-8-22-38)66-61(65-57)69-47-31-17-15-29-43(47)52-49(69)35-33-45-51-41-27-13-14-28-42(41)54(55(45)52)56-46(51)34-36-50-53(56)44-30-16-18-32-48(44)70(50)62-67-59(39-23-9-3-10-24-39)64-60(68-62)40-25-11-4-12-26-40/h1-36,51,54H/i1D,3D,5D,6D,9D,10D,19D,20D,23D,24D. The third kappa shape index (κ3) is 5.64. The van der Waals surface area contributed by atoms with Crippen molar-refractivity contribution >= 4 is 43.6 Å². The highest BCUT2D eigenvalue weighted by atomic mass is 15.2. The van der Waals surface area contributed by atoms with E-state index in [-0.39, 0.29) is 58.2 Å². The number of para-hydroxylation sites is 2. The molecule has 3 aliphatic rings. The van der Waals surface area contributed by atoms with Crippen molar-refractivity contribution in [3.05, 3.63) is 252 Å². The Morgan fingerprint density at radius 1 is 0.314 bits per heavy atom. The smallest absolute Gasteiger partial charge is 0.238 e. The first kappa shape index (κ1) is 30.1. The van der Waals surface area contributed by atoms with Crippen LogP contribution in [0, 0.1) is 0 Å². The fourth-order valence-electron chi connectivity index (χ4n) is 11.1. The average molecular weight is 905 g/mol. The lowest BCUT2D eigenvalue weighted by molar-refractivity contribution is 0.767. The Morgan fingerprint density at radius 3 is 1.16 bits per heavy atom. The van der Waals surface area contributed by atoms with Gasteiger partial charge in [0.15, 0.2) is 23.3 Å². The molecule has 2 bridgehead atoms. The zero-order valence-electron chi connectivity index (χ0n) is 46.7. The second-order valence-corrected chi connectivity index (χ2v) is 17.4. The van der Waals surface area contributed by atoms with Gasteiger partial charge in [-0.25, -0.2) is 9.97 Å². The number of rotatable bonds is 6. The summed E-state index contributed by atoms with van der Waals surface area (Å²) in [5, 5.41) is 3.83. The third-order valence-electron chi connectivity index (χ3n) is 13.8. The predicted octanol–water partition coefficient (Wildman–Crippen LogP) is 13.9. The highest BCUT2D eigenvalue weighted by molar-refractivity contribution is 6.15. The van der Waals surface area contributed by atoms with E-state index in [1.165, 1.54) is 5.56 Å². The molecule has 4 heterocycles. The molecule has 70 heavy (non-hydrogen) atoms. The number of fused-ring (bicyclic) bond motifs is 6. The van der Waals surface area contributed by atoms with Gasteiger partial charge in [-0.1, -0.05) is 194 Å². The van der Waals surface area contributed by atoms with E-state index in [9.17, 15) is 0 Å². The summed E-state index contributed by atoms with van der Waals surface area (Å²) in [6, 6.07) is 47.3. The normalized spacial score (nSPS) is 16.6. The predicted molar refractivity (Wildman–Crippen MR) is 278 cm³/mol.